The van der Waals surface area contributed by atoms with Gasteiger partial charge >= 0.3 is 0 Å². The van der Waals surface area contributed by atoms with E-state index in [-0.39, 0.29) is 35.6 Å². The number of phenols is 1. The number of guanidine groups is 1. The van der Waals surface area contributed by atoms with E-state index in [1.54, 1.807) is 12.1 Å². The van der Waals surface area contributed by atoms with Crippen LogP contribution in [0.2, 0.25) is 0 Å². The molecule has 1 atom stereocenters. The van der Waals surface area contributed by atoms with Crippen molar-refractivity contribution in [1.82, 2.24) is 10.2 Å². The minimum atomic E-state index is 0. The zero-order valence-corrected chi connectivity index (χ0v) is 21.6. The number of halogens is 1. The molecule has 0 bridgehead atoms. The van der Waals surface area contributed by atoms with Crippen LogP contribution in [-0.4, -0.2) is 55.2 Å². The molecule has 2 N–H and O–H groups in total. The van der Waals surface area contributed by atoms with Gasteiger partial charge in [-0.15, -0.1) is 24.0 Å². The molecule has 0 radical (unpaired) electrons. The van der Waals surface area contributed by atoms with Crippen molar-refractivity contribution in [2.75, 3.05) is 38.2 Å². The molecule has 2 aliphatic heterocycles. The van der Waals surface area contributed by atoms with Gasteiger partial charge in [-0.05, 0) is 49.1 Å². The minimum absolute atomic E-state index is 0. The molecule has 178 valence electrons. The number of phenolic OH excluding ortho intramolecular Hbond substituents is 1. The molecule has 0 aliphatic carbocycles. The van der Waals surface area contributed by atoms with Gasteiger partial charge in [0.2, 0.25) is 5.91 Å². The second kappa shape index (κ2) is 11.6. The molecule has 1 unspecified atom stereocenters. The van der Waals surface area contributed by atoms with E-state index in [0.717, 1.165) is 50.5 Å². The zero-order chi connectivity index (χ0) is 22.5. The Morgan fingerprint density at radius 2 is 2.09 bits per heavy atom. The predicted octanol–water partition coefficient (Wildman–Crippen LogP) is 4.10. The second-order valence-electron chi connectivity index (χ2n) is 8.32. The van der Waals surface area contributed by atoms with Gasteiger partial charge in [-0.25, -0.2) is 4.99 Å². The number of aliphatic imine (C=N–C) groups is 1. The molecule has 0 saturated carbocycles. The van der Waals surface area contributed by atoms with Gasteiger partial charge < -0.3 is 25.0 Å². The number of carbonyl (C=O) groups is 1. The Morgan fingerprint density at radius 3 is 2.79 bits per heavy atom. The van der Waals surface area contributed by atoms with E-state index < -0.39 is 0 Å². The number of nitrogens with zero attached hydrogens (tertiary/aromatic N) is 3. The number of aromatic hydroxyl groups is 1. The van der Waals surface area contributed by atoms with Gasteiger partial charge in [0.15, 0.2) is 17.5 Å². The quantitative estimate of drug-likeness (QED) is 0.301. The van der Waals surface area contributed by atoms with E-state index in [2.05, 4.69) is 41.4 Å². The van der Waals surface area contributed by atoms with E-state index in [0.29, 0.717) is 24.6 Å². The molecule has 1 saturated heterocycles. The lowest BCUT2D eigenvalue weighted by atomic mass is 9.98. The van der Waals surface area contributed by atoms with Crippen LogP contribution in [0.3, 0.4) is 0 Å². The summed E-state index contributed by atoms with van der Waals surface area (Å²) in [5.41, 5.74) is 3.39. The van der Waals surface area contributed by atoms with Crippen molar-refractivity contribution < 1.29 is 14.6 Å². The summed E-state index contributed by atoms with van der Waals surface area (Å²) in [6, 6.07) is 13.8. The normalized spacial score (nSPS) is 17.7. The number of carbonyl (C=O) groups excluding carboxylic acids is 1. The number of rotatable bonds is 7. The molecule has 2 heterocycles. The van der Waals surface area contributed by atoms with Crippen molar-refractivity contribution in [3.8, 4) is 11.5 Å². The highest BCUT2D eigenvalue weighted by Crippen LogP contribution is 2.38. The maximum Gasteiger partial charge on any atom is 0.222 e. The Hall–Kier alpha value is -2.49. The summed E-state index contributed by atoms with van der Waals surface area (Å²) in [5.74, 6) is 2.04. The molecule has 2 aromatic carbocycles. The Labute approximate surface area is 212 Å². The second-order valence-corrected chi connectivity index (χ2v) is 8.32. The fourth-order valence-corrected chi connectivity index (χ4v) is 4.59. The van der Waals surface area contributed by atoms with Crippen molar-refractivity contribution >= 4 is 41.5 Å². The van der Waals surface area contributed by atoms with Gasteiger partial charge in [-0.2, -0.15) is 0 Å². The first kappa shape index (κ1) is 25.1. The van der Waals surface area contributed by atoms with Crippen molar-refractivity contribution in [2.24, 2.45) is 4.99 Å². The van der Waals surface area contributed by atoms with E-state index in [1.165, 1.54) is 18.4 Å². The Bertz CT molecular complexity index is 997. The van der Waals surface area contributed by atoms with Crippen LogP contribution in [0.4, 0.5) is 5.69 Å². The molecule has 1 amide bonds. The molecule has 33 heavy (non-hydrogen) atoms. The summed E-state index contributed by atoms with van der Waals surface area (Å²) in [7, 11) is 1.54. The fourth-order valence-electron chi connectivity index (χ4n) is 4.59. The number of fused-ring (bicyclic) bond motifs is 1. The number of amides is 1. The summed E-state index contributed by atoms with van der Waals surface area (Å²) >= 11 is 0. The van der Waals surface area contributed by atoms with Gasteiger partial charge in [0.1, 0.15) is 0 Å². The Kier molecular flexibility index (Phi) is 8.82. The van der Waals surface area contributed by atoms with E-state index in [4.69, 9.17) is 9.73 Å². The average molecular weight is 564 g/mol. The van der Waals surface area contributed by atoms with Crippen molar-refractivity contribution in [1.29, 1.82) is 0 Å². The summed E-state index contributed by atoms with van der Waals surface area (Å²) < 4.78 is 5.13. The third-order valence-electron chi connectivity index (χ3n) is 6.23. The Morgan fingerprint density at radius 1 is 1.27 bits per heavy atom. The summed E-state index contributed by atoms with van der Waals surface area (Å²) in [5, 5.41) is 13.5. The lowest BCUT2D eigenvalue weighted by Crippen LogP contribution is -2.41. The highest BCUT2D eigenvalue weighted by atomic mass is 127. The number of para-hydroxylation sites is 1. The van der Waals surface area contributed by atoms with Crippen LogP contribution in [0, 0.1) is 0 Å². The highest BCUT2D eigenvalue weighted by molar-refractivity contribution is 14.0. The van der Waals surface area contributed by atoms with E-state index in [1.807, 2.05) is 11.0 Å². The van der Waals surface area contributed by atoms with Crippen molar-refractivity contribution in [3.05, 3.63) is 53.6 Å². The Balaban J connectivity index is 0.00000306. The molecule has 0 aromatic heterocycles. The van der Waals surface area contributed by atoms with Crippen LogP contribution in [0.1, 0.15) is 43.2 Å². The van der Waals surface area contributed by atoms with Crippen LogP contribution >= 0.6 is 24.0 Å². The van der Waals surface area contributed by atoms with Crippen LogP contribution in [0.25, 0.3) is 0 Å². The van der Waals surface area contributed by atoms with Crippen molar-refractivity contribution in [3.63, 3.8) is 0 Å². The van der Waals surface area contributed by atoms with Gasteiger partial charge in [0.05, 0.1) is 13.7 Å². The topological polar surface area (TPSA) is 77.4 Å². The predicted molar refractivity (Wildman–Crippen MR) is 142 cm³/mol. The molecule has 7 nitrogen and oxygen atoms in total. The number of ether oxygens (including phenoxy) is 1. The number of hydrogen-bond acceptors (Lipinski definition) is 4. The zero-order valence-electron chi connectivity index (χ0n) is 19.3. The number of methoxy groups -OCH3 is 1. The number of benzene rings is 2. The van der Waals surface area contributed by atoms with Crippen LogP contribution in [0.15, 0.2) is 47.5 Å². The third kappa shape index (κ3) is 5.72. The van der Waals surface area contributed by atoms with Crippen molar-refractivity contribution in [2.45, 2.75) is 38.6 Å². The lowest BCUT2D eigenvalue weighted by Gasteiger charge is -2.23. The standard InChI is InChI=1S/C25H32N4O3.HI/c1-3-26-25(27-16-18-10-11-23(32-2)22(30)15-18)29-17-19(20-7-4-5-8-21(20)29)12-14-28-13-6-9-24(28)31;/h4-5,7-8,10-11,15,19,30H,3,6,9,12-14,16-17H2,1-2H3,(H,26,27);1H. The minimum Gasteiger partial charge on any atom is -0.504 e. The molecule has 2 aliphatic rings. The molecule has 4 rings (SSSR count). The number of likely N-dealkylation sites (tertiary alicyclic amines) is 1. The number of nitrogens with one attached hydrogen (secondary N) is 1. The maximum absolute atomic E-state index is 12.0. The molecule has 0 spiro atoms. The largest absolute Gasteiger partial charge is 0.504 e. The fraction of sp³-hybridized carbons (Fsp3) is 0.440. The SMILES string of the molecule is CCNC(=NCc1ccc(OC)c(O)c1)N1CC(CCN2CCCC2=O)c2ccccc21.I. The molecule has 2 aromatic rings. The molecule has 1 fully saturated rings. The summed E-state index contributed by atoms with van der Waals surface area (Å²) in [6.07, 6.45) is 2.61. The molecule has 8 heteroatoms. The lowest BCUT2D eigenvalue weighted by molar-refractivity contribution is -0.127. The van der Waals surface area contributed by atoms with Crippen LogP contribution < -0.4 is 15.0 Å². The van der Waals surface area contributed by atoms with Gasteiger partial charge in [-0.3, -0.25) is 4.79 Å². The maximum atomic E-state index is 12.0. The highest BCUT2D eigenvalue weighted by Gasteiger charge is 2.32. The van der Waals surface area contributed by atoms with Gasteiger partial charge in [0, 0.05) is 44.2 Å². The first-order valence-corrected chi connectivity index (χ1v) is 11.4. The van der Waals surface area contributed by atoms with Gasteiger partial charge in [-0.1, -0.05) is 24.3 Å². The molecular formula is C25H33IN4O3. The van der Waals surface area contributed by atoms with E-state index in [9.17, 15) is 9.90 Å². The summed E-state index contributed by atoms with van der Waals surface area (Å²) in [4.78, 5) is 21.1. The van der Waals surface area contributed by atoms with Gasteiger partial charge in [0.25, 0.3) is 0 Å². The smallest absolute Gasteiger partial charge is 0.222 e. The number of hydrogen-bond donors (Lipinski definition) is 2. The monoisotopic (exact) mass is 564 g/mol. The first-order valence-electron chi connectivity index (χ1n) is 11.4. The van der Waals surface area contributed by atoms with Crippen LogP contribution in [0.5, 0.6) is 11.5 Å². The molecular weight excluding hydrogens is 531 g/mol. The van der Waals surface area contributed by atoms with E-state index >= 15 is 0 Å². The summed E-state index contributed by atoms with van der Waals surface area (Å²) in [6.45, 7) is 5.80. The number of anilines is 1. The van der Waals surface area contributed by atoms with Crippen LogP contribution in [-0.2, 0) is 11.3 Å². The first-order chi connectivity index (χ1) is 15.6. The third-order valence-corrected chi connectivity index (χ3v) is 6.23. The average Bonchev–Trinajstić information content (AvgIpc) is 3.38.